The van der Waals surface area contributed by atoms with Crippen LogP contribution in [0.25, 0.3) is 12.2 Å². The van der Waals surface area contributed by atoms with Gasteiger partial charge in [0.05, 0.1) is 24.0 Å². The normalized spacial score (nSPS) is 13.2. The molecular formula is C22H25N3O3. The van der Waals surface area contributed by atoms with E-state index in [1.807, 2.05) is 56.3 Å². The van der Waals surface area contributed by atoms with Gasteiger partial charge in [-0.15, -0.1) is 0 Å². The quantitative estimate of drug-likeness (QED) is 0.808. The molecule has 1 atom stereocenters. The van der Waals surface area contributed by atoms with Gasteiger partial charge in [0.1, 0.15) is 0 Å². The third kappa shape index (κ3) is 4.07. The maximum Gasteiger partial charge on any atom is 0.411 e. The molecule has 2 aromatic rings. The molecule has 28 heavy (non-hydrogen) atoms. The van der Waals surface area contributed by atoms with Crippen LogP contribution < -0.4 is 15.5 Å². The van der Waals surface area contributed by atoms with Crippen LogP contribution in [0.3, 0.4) is 0 Å². The van der Waals surface area contributed by atoms with E-state index < -0.39 is 6.09 Å². The molecule has 0 fully saturated rings. The van der Waals surface area contributed by atoms with Gasteiger partial charge in [-0.3, -0.25) is 15.0 Å². The fourth-order valence-corrected chi connectivity index (χ4v) is 3.21. The summed E-state index contributed by atoms with van der Waals surface area (Å²) >= 11 is 0. The van der Waals surface area contributed by atoms with Crippen LogP contribution in [0.4, 0.5) is 21.9 Å². The molecule has 2 amide bonds. The van der Waals surface area contributed by atoms with Gasteiger partial charge >= 0.3 is 6.09 Å². The molecular weight excluding hydrogens is 354 g/mol. The molecule has 0 spiro atoms. The van der Waals surface area contributed by atoms with Gasteiger partial charge in [-0.2, -0.15) is 0 Å². The monoisotopic (exact) mass is 379 g/mol. The average molecular weight is 379 g/mol. The summed E-state index contributed by atoms with van der Waals surface area (Å²) in [5.41, 5.74) is 3.93. The van der Waals surface area contributed by atoms with Gasteiger partial charge in [-0.1, -0.05) is 43.3 Å². The second-order valence-electron chi connectivity index (χ2n) is 6.46. The molecule has 1 unspecified atom stereocenters. The maximum atomic E-state index is 13.3. The van der Waals surface area contributed by atoms with Crippen molar-refractivity contribution in [1.82, 2.24) is 5.32 Å². The molecule has 3 rings (SSSR count). The topological polar surface area (TPSA) is 70.7 Å². The minimum Gasteiger partial charge on any atom is -0.450 e. The largest absolute Gasteiger partial charge is 0.450 e. The fraction of sp³-hybridized carbons (Fsp3) is 0.273. The summed E-state index contributed by atoms with van der Waals surface area (Å²) < 4.78 is 4.96. The summed E-state index contributed by atoms with van der Waals surface area (Å²) in [5, 5.41) is 5.90. The number of carbonyl (C=O) groups is 2. The summed E-state index contributed by atoms with van der Waals surface area (Å²) in [4.78, 5) is 26.9. The first-order valence-corrected chi connectivity index (χ1v) is 9.47. The summed E-state index contributed by atoms with van der Waals surface area (Å²) in [5.74, 6) is -0.0625. The molecule has 0 saturated heterocycles. The summed E-state index contributed by atoms with van der Waals surface area (Å²) in [6, 6.07) is 12.9. The highest BCUT2D eigenvalue weighted by Crippen LogP contribution is 2.38. The number of benzene rings is 2. The van der Waals surface area contributed by atoms with Crippen molar-refractivity contribution in [2.24, 2.45) is 0 Å². The molecule has 0 bridgehead atoms. The molecule has 6 heteroatoms. The second kappa shape index (κ2) is 8.71. The molecule has 1 heterocycles. The molecule has 0 aliphatic carbocycles. The van der Waals surface area contributed by atoms with Crippen LogP contribution in [0.5, 0.6) is 0 Å². The second-order valence-corrected chi connectivity index (χ2v) is 6.46. The molecule has 1 aliphatic heterocycles. The van der Waals surface area contributed by atoms with Crippen molar-refractivity contribution in [2.45, 2.75) is 26.8 Å². The highest BCUT2D eigenvalue weighted by atomic mass is 16.5. The number of carbonyl (C=O) groups excluding carboxylic acids is 2. The lowest BCUT2D eigenvalue weighted by molar-refractivity contribution is -0.119. The Bertz CT molecular complexity index is 908. The van der Waals surface area contributed by atoms with Gasteiger partial charge in [-0.05, 0) is 49.7 Å². The lowest BCUT2D eigenvalue weighted by atomic mass is 10.1. The number of rotatable bonds is 5. The Labute approximate surface area is 165 Å². The third-order valence-electron chi connectivity index (χ3n) is 4.51. The highest BCUT2D eigenvalue weighted by molar-refractivity contribution is 6.09. The Morgan fingerprint density at radius 2 is 1.75 bits per heavy atom. The van der Waals surface area contributed by atoms with Crippen molar-refractivity contribution < 1.29 is 14.3 Å². The van der Waals surface area contributed by atoms with Crippen LogP contribution in [0, 0.1) is 0 Å². The minimum atomic E-state index is -0.522. The Hall–Kier alpha value is -3.12. The van der Waals surface area contributed by atoms with Crippen molar-refractivity contribution in [3.05, 3.63) is 53.6 Å². The zero-order chi connectivity index (χ0) is 20.1. The Morgan fingerprint density at radius 1 is 1.04 bits per heavy atom. The van der Waals surface area contributed by atoms with Crippen molar-refractivity contribution >= 4 is 41.2 Å². The molecule has 2 N–H and O–H groups in total. The van der Waals surface area contributed by atoms with E-state index in [2.05, 4.69) is 10.6 Å². The van der Waals surface area contributed by atoms with E-state index in [9.17, 15) is 9.59 Å². The minimum absolute atomic E-state index is 0.0625. The molecule has 1 aliphatic rings. The molecule has 0 aromatic heterocycles. The van der Waals surface area contributed by atoms with Crippen molar-refractivity contribution in [3.63, 3.8) is 0 Å². The van der Waals surface area contributed by atoms with Crippen molar-refractivity contribution in [1.29, 1.82) is 0 Å². The van der Waals surface area contributed by atoms with E-state index in [-0.39, 0.29) is 18.6 Å². The van der Waals surface area contributed by atoms with Gasteiger partial charge < -0.3 is 10.1 Å². The molecule has 146 valence electrons. The summed E-state index contributed by atoms with van der Waals surface area (Å²) in [6.45, 7) is 6.56. The number of ether oxygens (including phenoxy) is 1. The van der Waals surface area contributed by atoms with E-state index >= 15 is 0 Å². The number of hydrogen-bond donors (Lipinski definition) is 2. The average Bonchev–Trinajstić information content (AvgIpc) is 2.84. The van der Waals surface area contributed by atoms with Gasteiger partial charge in [0.2, 0.25) is 5.91 Å². The van der Waals surface area contributed by atoms with E-state index in [1.54, 1.807) is 24.0 Å². The van der Waals surface area contributed by atoms with E-state index in [0.29, 0.717) is 17.9 Å². The van der Waals surface area contributed by atoms with Gasteiger partial charge in [0, 0.05) is 5.69 Å². The molecule has 2 aromatic carbocycles. The van der Waals surface area contributed by atoms with Crippen molar-refractivity contribution in [3.8, 4) is 0 Å². The van der Waals surface area contributed by atoms with Crippen LogP contribution in [0.1, 0.15) is 31.9 Å². The number of nitrogens with zero attached hydrogens (tertiary/aromatic N) is 1. The Balaban J connectivity index is 2.08. The molecule has 6 nitrogen and oxygen atoms in total. The highest BCUT2D eigenvalue weighted by Gasteiger charge is 2.27. The van der Waals surface area contributed by atoms with Crippen LogP contribution >= 0.6 is 0 Å². The number of fused-ring (bicyclic) bond motifs is 2. The van der Waals surface area contributed by atoms with E-state index in [4.69, 9.17) is 4.74 Å². The van der Waals surface area contributed by atoms with Gasteiger partial charge in [-0.25, -0.2) is 4.79 Å². The van der Waals surface area contributed by atoms with Gasteiger partial charge in [0.25, 0.3) is 0 Å². The van der Waals surface area contributed by atoms with E-state index in [1.165, 1.54) is 0 Å². The van der Waals surface area contributed by atoms with Crippen LogP contribution in [0.15, 0.2) is 42.5 Å². The zero-order valence-electron chi connectivity index (χ0n) is 16.4. The molecule has 0 saturated carbocycles. The summed E-state index contributed by atoms with van der Waals surface area (Å²) in [7, 11) is 0. The number of nitrogens with one attached hydrogen (secondary N) is 2. The standard InChI is InChI=1S/C22H25N3O3/c1-4-23-15(3)21(26)25-19-9-7-6-8-16(19)10-11-17-12-13-18(14-20(17)25)24-22(27)28-5-2/h6-15,23H,4-5H2,1-3H3,(H,24,27). The van der Waals surface area contributed by atoms with Gasteiger partial charge in [0.15, 0.2) is 0 Å². The first-order valence-electron chi connectivity index (χ1n) is 9.47. The number of anilines is 3. The lowest BCUT2D eigenvalue weighted by Crippen LogP contribution is -2.43. The third-order valence-corrected chi connectivity index (χ3v) is 4.51. The predicted octanol–water partition coefficient (Wildman–Crippen LogP) is 4.40. The van der Waals surface area contributed by atoms with E-state index in [0.717, 1.165) is 16.8 Å². The number of hydrogen-bond acceptors (Lipinski definition) is 4. The number of para-hydroxylation sites is 1. The lowest BCUT2D eigenvalue weighted by Gasteiger charge is -2.28. The SMILES string of the molecule is CCNC(C)C(=O)N1c2ccccc2C=Cc2ccc(NC(=O)OCC)cc21. The summed E-state index contributed by atoms with van der Waals surface area (Å²) in [6.07, 6.45) is 3.46. The molecule has 0 radical (unpaired) electrons. The Kier molecular flexibility index (Phi) is 6.11. The fourth-order valence-electron chi connectivity index (χ4n) is 3.21. The predicted molar refractivity (Wildman–Crippen MR) is 113 cm³/mol. The first-order chi connectivity index (χ1) is 13.5. The Morgan fingerprint density at radius 3 is 2.46 bits per heavy atom. The van der Waals surface area contributed by atoms with Crippen LogP contribution in [-0.2, 0) is 9.53 Å². The zero-order valence-corrected chi connectivity index (χ0v) is 16.4. The maximum absolute atomic E-state index is 13.3. The van der Waals surface area contributed by atoms with Crippen molar-refractivity contribution in [2.75, 3.05) is 23.4 Å². The first kappa shape index (κ1) is 19.6. The number of likely N-dealkylation sites (N-methyl/N-ethyl adjacent to an activating group) is 1. The smallest absolute Gasteiger partial charge is 0.411 e. The number of amides is 2. The van der Waals surface area contributed by atoms with Crippen LogP contribution in [0.2, 0.25) is 0 Å². The van der Waals surface area contributed by atoms with Crippen LogP contribution in [-0.4, -0.2) is 31.2 Å².